The summed E-state index contributed by atoms with van der Waals surface area (Å²) in [6, 6.07) is 6.84. The van der Waals surface area contributed by atoms with Crippen molar-refractivity contribution in [3.8, 4) is 11.1 Å². The third-order valence-corrected chi connectivity index (χ3v) is 5.47. The van der Waals surface area contributed by atoms with Crippen LogP contribution in [0.2, 0.25) is 0 Å². The first kappa shape index (κ1) is 17.7. The maximum atomic E-state index is 7.56. The minimum Gasteiger partial charge on any atom is -0.404 e. The van der Waals surface area contributed by atoms with Crippen LogP contribution in [0.25, 0.3) is 16.7 Å². The summed E-state index contributed by atoms with van der Waals surface area (Å²) in [6.07, 6.45) is 7.66. The third-order valence-electron chi connectivity index (χ3n) is 5.47. The molecule has 27 heavy (non-hydrogen) atoms. The molecule has 4 rings (SSSR count). The van der Waals surface area contributed by atoms with Crippen LogP contribution in [0.5, 0.6) is 0 Å². The van der Waals surface area contributed by atoms with E-state index in [-0.39, 0.29) is 0 Å². The Hall–Kier alpha value is -2.70. The summed E-state index contributed by atoms with van der Waals surface area (Å²) in [4.78, 5) is 4.35. The lowest BCUT2D eigenvalue weighted by atomic mass is 9.88. The molecule has 1 saturated heterocycles. The van der Waals surface area contributed by atoms with Gasteiger partial charge in [0.05, 0.1) is 13.2 Å². The van der Waals surface area contributed by atoms with E-state index in [9.17, 15) is 0 Å². The molecule has 1 atom stereocenters. The molecule has 0 aliphatic carbocycles. The molecule has 2 aliphatic rings. The Morgan fingerprint density at radius 3 is 2.93 bits per heavy atom. The first-order valence-corrected chi connectivity index (χ1v) is 9.36. The molecule has 3 heterocycles. The van der Waals surface area contributed by atoms with Gasteiger partial charge >= 0.3 is 0 Å². The van der Waals surface area contributed by atoms with Crippen LogP contribution in [0.1, 0.15) is 41.1 Å². The van der Waals surface area contributed by atoms with E-state index in [0.717, 1.165) is 37.1 Å². The topological polar surface area (TPSA) is 110 Å². The highest BCUT2D eigenvalue weighted by Gasteiger charge is 2.24. The quantitative estimate of drug-likeness (QED) is 0.624. The smallest absolute Gasteiger partial charge is 0.131 e. The van der Waals surface area contributed by atoms with E-state index in [1.807, 2.05) is 6.07 Å². The first-order valence-electron chi connectivity index (χ1n) is 9.36. The predicted octanol–water partition coefficient (Wildman–Crippen LogP) is 2.78. The summed E-state index contributed by atoms with van der Waals surface area (Å²) < 4.78 is 5.73. The standard InChI is InChI=1S/C21H25N5O/c22-9-16(10-23)17-8-15(11-26-21(17)24)14-6-13-3-5-27-12-19(13)18(7-14)20-2-1-4-25-20/h6-11,20,22,25H,1-5,12,23H2,(H2,24,26)/b16-10+,22-9?/t20-/m0/s1. The van der Waals surface area contributed by atoms with Crippen molar-refractivity contribution < 1.29 is 4.74 Å². The second kappa shape index (κ2) is 7.50. The van der Waals surface area contributed by atoms with Crippen molar-refractivity contribution in [2.75, 3.05) is 18.9 Å². The Balaban J connectivity index is 1.83. The van der Waals surface area contributed by atoms with Crippen LogP contribution in [-0.2, 0) is 17.8 Å². The number of benzene rings is 1. The molecule has 6 nitrogen and oxygen atoms in total. The lowest BCUT2D eigenvalue weighted by Gasteiger charge is -2.25. The van der Waals surface area contributed by atoms with E-state index in [2.05, 4.69) is 22.4 Å². The molecule has 1 fully saturated rings. The lowest BCUT2D eigenvalue weighted by molar-refractivity contribution is 0.109. The monoisotopic (exact) mass is 363 g/mol. The number of rotatable bonds is 4. The number of ether oxygens (including phenoxy) is 1. The highest BCUT2D eigenvalue weighted by atomic mass is 16.5. The Morgan fingerprint density at radius 2 is 2.19 bits per heavy atom. The Labute approximate surface area is 159 Å². The van der Waals surface area contributed by atoms with Gasteiger partial charge in [-0.05, 0) is 60.2 Å². The van der Waals surface area contributed by atoms with E-state index in [1.54, 1.807) is 6.20 Å². The molecule has 140 valence electrons. The normalized spacial score (nSPS) is 19.7. The molecule has 2 aromatic rings. The van der Waals surface area contributed by atoms with Crippen LogP contribution in [0.3, 0.4) is 0 Å². The Morgan fingerprint density at radius 1 is 1.30 bits per heavy atom. The number of anilines is 1. The van der Waals surface area contributed by atoms with E-state index >= 15 is 0 Å². The molecule has 1 aromatic heterocycles. The fourth-order valence-corrected chi connectivity index (χ4v) is 4.02. The third kappa shape index (κ3) is 3.34. The zero-order valence-corrected chi connectivity index (χ0v) is 15.3. The minimum absolute atomic E-state index is 0.377. The fraction of sp³-hybridized carbons (Fsp3) is 0.333. The molecule has 6 heteroatoms. The van der Waals surface area contributed by atoms with Gasteiger partial charge in [0, 0.05) is 41.4 Å². The van der Waals surface area contributed by atoms with Gasteiger partial charge in [-0.15, -0.1) is 0 Å². The van der Waals surface area contributed by atoms with Crippen molar-refractivity contribution in [1.29, 1.82) is 5.41 Å². The van der Waals surface area contributed by atoms with Gasteiger partial charge in [-0.2, -0.15) is 0 Å². The number of hydrogen-bond acceptors (Lipinski definition) is 6. The van der Waals surface area contributed by atoms with Crippen molar-refractivity contribution in [2.45, 2.75) is 31.9 Å². The number of nitrogens with two attached hydrogens (primary N) is 2. The van der Waals surface area contributed by atoms with Gasteiger partial charge in [0.1, 0.15) is 5.82 Å². The summed E-state index contributed by atoms with van der Waals surface area (Å²) in [6.45, 7) is 2.50. The Kier molecular flexibility index (Phi) is 4.92. The van der Waals surface area contributed by atoms with Gasteiger partial charge in [0.15, 0.2) is 0 Å². The number of aromatic nitrogens is 1. The number of fused-ring (bicyclic) bond motifs is 1. The predicted molar refractivity (Wildman–Crippen MR) is 108 cm³/mol. The average molecular weight is 363 g/mol. The highest BCUT2D eigenvalue weighted by molar-refractivity contribution is 6.10. The van der Waals surface area contributed by atoms with Crippen LogP contribution in [0.4, 0.5) is 5.82 Å². The summed E-state index contributed by atoms with van der Waals surface area (Å²) in [5.74, 6) is 0.378. The summed E-state index contributed by atoms with van der Waals surface area (Å²) in [5.41, 5.74) is 19.0. The number of nitrogens with zero attached hydrogens (tertiary/aromatic N) is 1. The SMILES string of the molecule is N=C/C(=C\N)c1cc(-c2cc3c(c([C@@H]4CCCN4)c2)COCC3)cnc1N. The number of allylic oxidation sites excluding steroid dienone is 1. The molecule has 0 radical (unpaired) electrons. The molecule has 0 bridgehead atoms. The number of nitrogen functional groups attached to an aromatic ring is 1. The molecule has 0 unspecified atom stereocenters. The molecular formula is C21H25N5O. The lowest BCUT2D eigenvalue weighted by Crippen LogP contribution is -2.19. The van der Waals surface area contributed by atoms with Gasteiger partial charge in [-0.25, -0.2) is 4.98 Å². The van der Waals surface area contributed by atoms with E-state index < -0.39 is 0 Å². The molecule has 0 spiro atoms. The molecule has 0 saturated carbocycles. The second-order valence-corrected chi connectivity index (χ2v) is 7.08. The van der Waals surface area contributed by atoms with Gasteiger partial charge < -0.3 is 26.9 Å². The zero-order valence-electron chi connectivity index (χ0n) is 15.3. The number of hydrogen-bond donors (Lipinski definition) is 4. The van der Waals surface area contributed by atoms with E-state index in [4.69, 9.17) is 21.6 Å². The van der Waals surface area contributed by atoms with Crippen LogP contribution in [0, 0.1) is 5.41 Å². The van der Waals surface area contributed by atoms with Crippen molar-refractivity contribution in [1.82, 2.24) is 10.3 Å². The van der Waals surface area contributed by atoms with Crippen molar-refractivity contribution in [2.24, 2.45) is 5.73 Å². The van der Waals surface area contributed by atoms with Crippen LogP contribution >= 0.6 is 0 Å². The number of nitrogens with one attached hydrogen (secondary N) is 2. The van der Waals surface area contributed by atoms with Gasteiger partial charge in [-0.3, -0.25) is 0 Å². The largest absolute Gasteiger partial charge is 0.404 e. The summed E-state index contributed by atoms with van der Waals surface area (Å²) in [5, 5.41) is 11.2. The highest BCUT2D eigenvalue weighted by Crippen LogP contribution is 2.35. The van der Waals surface area contributed by atoms with Gasteiger partial charge in [0.25, 0.3) is 0 Å². The van der Waals surface area contributed by atoms with Crippen LogP contribution in [0.15, 0.2) is 30.6 Å². The maximum absolute atomic E-state index is 7.56. The summed E-state index contributed by atoms with van der Waals surface area (Å²) >= 11 is 0. The summed E-state index contributed by atoms with van der Waals surface area (Å²) in [7, 11) is 0. The van der Waals surface area contributed by atoms with Crippen molar-refractivity contribution in [3.63, 3.8) is 0 Å². The van der Waals surface area contributed by atoms with Gasteiger partial charge in [-0.1, -0.05) is 6.07 Å². The average Bonchev–Trinajstić information content (AvgIpc) is 3.24. The second-order valence-electron chi connectivity index (χ2n) is 7.08. The van der Waals surface area contributed by atoms with Gasteiger partial charge in [0.2, 0.25) is 0 Å². The van der Waals surface area contributed by atoms with E-state index in [0.29, 0.717) is 29.6 Å². The van der Waals surface area contributed by atoms with E-state index in [1.165, 1.54) is 35.5 Å². The number of pyridine rings is 1. The minimum atomic E-state index is 0.377. The maximum Gasteiger partial charge on any atom is 0.131 e. The van der Waals surface area contributed by atoms with Crippen molar-refractivity contribution >= 4 is 17.6 Å². The molecule has 2 aliphatic heterocycles. The van der Waals surface area contributed by atoms with Crippen LogP contribution in [-0.4, -0.2) is 24.4 Å². The zero-order chi connectivity index (χ0) is 18.8. The fourth-order valence-electron chi connectivity index (χ4n) is 4.02. The molecule has 0 amide bonds. The molecule has 1 aromatic carbocycles. The Bertz CT molecular complexity index is 900. The van der Waals surface area contributed by atoms with Crippen molar-refractivity contribution in [3.05, 3.63) is 52.8 Å². The molecular weight excluding hydrogens is 338 g/mol. The molecule has 6 N–H and O–H groups in total. The van der Waals surface area contributed by atoms with Crippen LogP contribution < -0.4 is 16.8 Å². The first-order chi connectivity index (χ1) is 13.2.